The normalized spacial score (nSPS) is 18.0. The highest BCUT2D eigenvalue weighted by molar-refractivity contribution is 5.73. The van der Waals surface area contributed by atoms with Crippen LogP contribution < -0.4 is 5.32 Å². The second-order valence-corrected chi connectivity index (χ2v) is 5.92. The van der Waals surface area contributed by atoms with Gasteiger partial charge in [0, 0.05) is 26.6 Å². The summed E-state index contributed by atoms with van der Waals surface area (Å²) in [6.45, 7) is 7.88. The minimum atomic E-state index is 0.217. The Labute approximate surface area is 122 Å². The Balaban J connectivity index is 1.66. The molecule has 0 saturated carbocycles. The Kier molecular flexibility index (Phi) is 5.60. The fraction of sp³-hybridized carbons (Fsp3) is 0.588. The molecule has 3 nitrogen and oxygen atoms in total. The largest absolute Gasteiger partial charge is 0.343 e. The van der Waals surface area contributed by atoms with Crippen molar-refractivity contribution in [1.82, 2.24) is 10.2 Å². The molecule has 1 fully saturated rings. The number of nitrogens with zero attached hydrogens (tertiary/aromatic N) is 1. The van der Waals surface area contributed by atoms with Crippen molar-refractivity contribution < 1.29 is 4.79 Å². The number of amides is 1. The highest BCUT2D eigenvalue weighted by Gasteiger charge is 2.20. The van der Waals surface area contributed by atoms with E-state index in [1.807, 2.05) is 4.90 Å². The number of hydrogen-bond donors (Lipinski definition) is 1. The van der Waals surface area contributed by atoms with Gasteiger partial charge in [0.05, 0.1) is 0 Å². The molecule has 1 amide bonds. The number of carbonyl (C=O) groups excluding carboxylic acids is 1. The molecule has 1 heterocycles. The van der Waals surface area contributed by atoms with E-state index in [1.165, 1.54) is 5.56 Å². The third-order valence-electron chi connectivity index (χ3n) is 4.31. The maximum atomic E-state index is 11.3. The summed E-state index contributed by atoms with van der Waals surface area (Å²) in [5.74, 6) is 1.48. The lowest BCUT2D eigenvalue weighted by Gasteiger charge is -2.31. The topological polar surface area (TPSA) is 32.3 Å². The second-order valence-electron chi connectivity index (χ2n) is 5.92. The second kappa shape index (κ2) is 7.44. The number of likely N-dealkylation sites (tertiary alicyclic amines) is 1. The molecule has 0 spiro atoms. The fourth-order valence-corrected chi connectivity index (χ4v) is 2.86. The van der Waals surface area contributed by atoms with Crippen LogP contribution in [0.15, 0.2) is 30.3 Å². The first-order valence-corrected chi connectivity index (χ1v) is 7.68. The van der Waals surface area contributed by atoms with Gasteiger partial charge in [0.2, 0.25) is 5.91 Å². The van der Waals surface area contributed by atoms with E-state index in [0.717, 1.165) is 39.0 Å². The molecule has 1 N–H and O–H groups in total. The maximum Gasteiger partial charge on any atom is 0.219 e. The van der Waals surface area contributed by atoms with E-state index in [2.05, 4.69) is 42.6 Å². The van der Waals surface area contributed by atoms with Crippen molar-refractivity contribution >= 4 is 5.91 Å². The molecule has 0 radical (unpaired) electrons. The minimum absolute atomic E-state index is 0.217. The van der Waals surface area contributed by atoms with Gasteiger partial charge in [-0.05, 0) is 36.8 Å². The molecule has 0 aromatic heterocycles. The number of nitrogens with one attached hydrogen (secondary N) is 1. The van der Waals surface area contributed by atoms with Gasteiger partial charge in [-0.1, -0.05) is 37.3 Å². The number of hydrogen-bond acceptors (Lipinski definition) is 2. The molecular formula is C17H26N2O. The van der Waals surface area contributed by atoms with Crippen molar-refractivity contribution in [2.24, 2.45) is 5.92 Å². The molecular weight excluding hydrogens is 248 g/mol. The average molecular weight is 274 g/mol. The van der Waals surface area contributed by atoms with Crippen LogP contribution in [-0.2, 0) is 4.79 Å². The monoisotopic (exact) mass is 274 g/mol. The zero-order valence-electron chi connectivity index (χ0n) is 12.6. The van der Waals surface area contributed by atoms with Crippen LogP contribution in [-0.4, -0.2) is 37.0 Å². The molecule has 1 aromatic rings. The van der Waals surface area contributed by atoms with Crippen molar-refractivity contribution in [2.75, 3.05) is 26.2 Å². The number of benzene rings is 1. The van der Waals surface area contributed by atoms with E-state index < -0.39 is 0 Å². The lowest BCUT2D eigenvalue weighted by Crippen LogP contribution is -2.40. The summed E-state index contributed by atoms with van der Waals surface area (Å²) < 4.78 is 0. The predicted octanol–water partition coefficient (Wildman–Crippen LogP) is 2.64. The van der Waals surface area contributed by atoms with E-state index in [9.17, 15) is 4.79 Å². The predicted molar refractivity (Wildman–Crippen MR) is 82.7 cm³/mol. The van der Waals surface area contributed by atoms with E-state index in [-0.39, 0.29) is 5.91 Å². The van der Waals surface area contributed by atoms with Gasteiger partial charge in [-0.2, -0.15) is 0 Å². The first-order valence-electron chi connectivity index (χ1n) is 7.68. The smallest absolute Gasteiger partial charge is 0.219 e. The zero-order chi connectivity index (χ0) is 14.4. The first-order chi connectivity index (χ1) is 9.66. The molecule has 1 unspecified atom stereocenters. The van der Waals surface area contributed by atoms with Gasteiger partial charge < -0.3 is 10.2 Å². The maximum absolute atomic E-state index is 11.3. The van der Waals surface area contributed by atoms with E-state index >= 15 is 0 Å². The van der Waals surface area contributed by atoms with Gasteiger partial charge in [-0.25, -0.2) is 0 Å². The molecule has 3 heteroatoms. The first kappa shape index (κ1) is 15.0. The lowest BCUT2D eigenvalue weighted by molar-refractivity contribution is -0.130. The average Bonchev–Trinajstić information content (AvgIpc) is 2.48. The Morgan fingerprint density at radius 3 is 2.55 bits per heavy atom. The van der Waals surface area contributed by atoms with Gasteiger partial charge in [0.1, 0.15) is 0 Å². The molecule has 1 saturated heterocycles. The molecule has 1 aliphatic rings. The van der Waals surface area contributed by atoms with Gasteiger partial charge in [0.25, 0.3) is 0 Å². The van der Waals surface area contributed by atoms with Crippen molar-refractivity contribution in [3.05, 3.63) is 35.9 Å². The van der Waals surface area contributed by atoms with E-state index in [4.69, 9.17) is 0 Å². The molecule has 0 bridgehead atoms. The van der Waals surface area contributed by atoms with Crippen molar-refractivity contribution in [2.45, 2.75) is 32.6 Å². The van der Waals surface area contributed by atoms with Crippen LogP contribution >= 0.6 is 0 Å². The summed E-state index contributed by atoms with van der Waals surface area (Å²) >= 11 is 0. The van der Waals surface area contributed by atoms with E-state index in [0.29, 0.717) is 11.8 Å². The summed E-state index contributed by atoms with van der Waals surface area (Å²) in [7, 11) is 0. The number of piperidine rings is 1. The van der Waals surface area contributed by atoms with Crippen LogP contribution in [0.1, 0.15) is 38.2 Å². The van der Waals surface area contributed by atoms with E-state index in [1.54, 1.807) is 6.92 Å². The summed E-state index contributed by atoms with van der Waals surface area (Å²) in [5, 5.41) is 3.59. The molecule has 2 rings (SSSR count). The Morgan fingerprint density at radius 1 is 1.30 bits per heavy atom. The number of rotatable bonds is 5. The Bertz CT molecular complexity index is 410. The van der Waals surface area contributed by atoms with Gasteiger partial charge in [0.15, 0.2) is 0 Å². The molecule has 20 heavy (non-hydrogen) atoms. The Hall–Kier alpha value is -1.35. The molecule has 110 valence electrons. The van der Waals surface area contributed by atoms with Crippen LogP contribution in [0.2, 0.25) is 0 Å². The summed E-state index contributed by atoms with van der Waals surface area (Å²) in [5.41, 5.74) is 1.39. The highest BCUT2D eigenvalue weighted by Crippen LogP contribution is 2.17. The third kappa shape index (κ3) is 4.34. The molecule has 1 aromatic carbocycles. The summed E-state index contributed by atoms with van der Waals surface area (Å²) in [6, 6.07) is 10.6. The molecule has 0 aliphatic carbocycles. The van der Waals surface area contributed by atoms with Crippen molar-refractivity contribution in [1.29, 1.82) is 0 Å². The van der Waals surface area contributed by atoms with Gasteiger partial charge >= 0.3 is 0 Å². The van der Waals surface area contributed by atoms with Crippen LogP contribution in [0.5, 0.6) is 0 Å². The van der Waals surface area contributed by atoms with Crippen molar-refractivity contribution in [3.63, 3.8) is 0 Å². The lowest BCUT2D eigenvalue weighted by atomic mass is 9.96. The van der Waals surface area contributed by atoms with Crippen LogP contribution in [0.25, 0.3) is 0 Å². The SMILES string of the molecule is CC(=O)N1CCC(CNCC(C)c2ccccc2)CC1. The van der Waals surface area contributed by atoms with Gasteiger partial charge in [-0.15, -0.1) is 0 Å². The van der Waals surface area contributed by atoms with Crippen LogP contribution in [0.3, 0.4) is 0 Å². The minimum Gasteiger partial charge on any atom is -0.343 e. The summed E-state index contributed by atoms with van der Waals surface area (Å²) in [4.78, 5) is 13.2. The Morgan fingerprint density at radius 2 is 1.95 bits per heavy atom. The van der Waals surface area contributed by atoms with Crippen LogP contribution in [0, 0.1) is 5.92 Å². The fourth-order valence-electron chi connectivity index (χ4n) is 2.86. The highest BCUT2D eigenvalue weighted by atomic mass is 16.2. The number of carbonyl (C=O) groups is 1. The molecule has 1 atom stereocenters. The van der Waals surface area contributed by atoms with Gasteiger partial charge in [-0.3, -0.25) is 4.79 Å². The standard InChI is InChI=1S/C17H26N2O/c1-14(17-6-4-3-5-7-17)12-18-13-16-8-10-19(11-9-16)15(2)20/h3-7,14,16,18H,8-13H2,1-2H3. The third-order valence-corrected chi connectivity index (χ3v) is 4.31. The van der Waals surface area contributed by atoms with Crippen molar-refractivity contribution in [3.8, 4) is 0 Å². The summed E-state index contributed by atoms with van der Waals surface area (Å²) in [6.07, 6.45) is 2.26. The molecule has 1 aliphatic heterocycles. The zero-order valence-corrected chi connectivity index (χ0v) is 12.6. The quantitative estimate of drug-likeness (QED) is 0.895. The van der Waals surface area contributed by atoms with Crippen LogP contribution in [0.4, 0.5) is 0 Å².